The molecule has 0 saturated heterocycles. The van der Waals surface area contributed by atoms with E-state index >= 15 is 0 Å². The van der Waals surface area contributed by atoms with Crippen molar-refractivity contribution in [2.24, 2.45) is 9.98 Å². The second-order valence-corrected chi connectivity index (χ2v) is 30.7. The largest absolute Gasteiger partial charge is 0.251 e. The minimum atomic E-state index is 0.970. The minimum Gasteiger partial charge on any atom is -0.251 e. The lowest BCUT2D eigenvalue weighted by molar-refractivity contribution is 0.527. The Bertz CT molecular complexity index is 2050. The van der Waals surface area contributed by atoms with Gasteiger partial charge in [-0.3, -0.25) is 4.99 Å². The standard InChI is InChI=1S/C95H168N2/c1-5-9-13-17-21-25-29-33-37-40-42-44-46-48-51-54-58-62-66-70-74-82-90-84-78-80-86-92(90)96-94(88-76-72-68-64-60-56-50-36-32-28-24-20-16-12-8-4)95(89-77-73-69-65-61-57-53-39-35-31-27-23-19-15-11-7-3)97-93-87-81-79-85-91(93)83-75-71-67-63-59-55-52-49-47-45-43-41-38-34-30-26-22-18-14-10-6-2/h66-67,70-71,77-81,84-87,89H,5-65,68-69,72-76,82-83,88H2,1-4H3. The Labute approximate surface area is 609 Å². The highest BCUT2D eigenvalue weighted by atomic mass is 14.8. The first kappa shape index (κ1) is 90.1. The van der Waals surface area contributed by atoms with Crippen LogP contribution in [0.1, 0.15) is 482 Å². The Morgan fingerprint density at radius 2 is 0.443 bits per heavy atom. The van der Waals surface area contributed by atoms with E-state index in [1.165, 1.54) is 434 Å². The summed E-state index contributed by atoms with van der Waals surface area (Å²) in [6.07, 6.45) is 112. The van der Waals surface area contributed by atoms with Crippen molar-refractivity contribution in [2.45, 2.75) is 484 Å². The van der Waals surface area contributed by atoms with Crippen LogP contribution in [-0.4, -0.2) is 11.4 Å². The topological polar surface area (TPSA) is 24.7 Å². The highest BCUT2D eigenvalue weighted by molar-refractivity contribution is 6.47. The number of hydrogen-bond acceptors (Lipinski definition) is 2. The summed E-state index contributed by atoms with van der Waals surface area (Å²) in [5.74, 6) is 0. The van der Waals surface area contributed by atoms with Crippen LogP contribution < -0.4 is 0 Å². The third-order valence-corrected chi connectivity index (χ3v) is 21.2. The van der Waals surface area contributed by atoms with Crippen LogP contribution in [0.3, 0.4) is 0 Å². The van der Waals surface area contributed by atoms with Gasteiger partial charge in [0.1, 0.15) is 0 Å². The number of unbranched alkanes of at least 4 members (excludes halogenated alkanes) is 62. The summed E-state index contributed by atoms with van der Waals surface area (Å²) in [5, 5.41) is 0. The average molecular weight is 1340 g/mol. The van der Waals surface area contributed by atoms with Gasteiger partial charge in [-0.1, -0.05) is 473 Å². The monoisotopic (exact) mass is 1340 g/mol. The Morgan fingerprint density at radius 1 is 0.227 bits per heavy atom. The van der Waals surface area contributed by atoms with Gasteiger partial charge in [-0.05, 0) is 106 Å². The normalized spacial score (nSPS) is 12.4. The van der Waals surface area contributed by atoms with Crippen LogP contribution in [-0.2, 0) is 12.8 Å². The smallest absolute Gasteiger partial charge is 0.0848 e. The predicted octanol–water partition coefficient (Wildman–Crippen LogP) is 34.3. The summed E-state index contributed by atoms with van der Waals surface area (Å²) < 4.78 is 0. The van der Waals surface area contributed by atoms with Crippen LogP contribution in [0.2, 0.25) is 0 Å². The number of rotatable bonds is 77. The molecule has 0 fully saturated rings. The van der Waals surface area contributed by atoms with Gasteiger partial charge in [0.2, 0.25) is 0 Å². The Balaban J connectivity index is 2.11. The molecule has 2 aromatic carbocycles. The van der Waals surface area contributed by atoms with E-state index in [0.717, 1.165) is 55.6 Å². The molecule has 2 aromatic rings. The highest BCUT2D eigenvalue weighted by Gasteiger charge is 2.12. The van der Waals surface area contributed by atoms with Gasteiger partial charge >= 0.3 is 0 Å². The van der Waals surface area contributed by atoms with E-state index in [0.29, 0.717) is 0 Å². The van der Waals surface area contributed by atoms with Crippen molar-refractivity contribution >= 4 is 22.8 Å². The molecule has 0 spiro atoms. The van der Waals surface area contributed by atoms with E-state index < -0.39 is 0 Å². The Morgan fingerprint density at radius 3 is 0.722 bits per heavy atom. The molecular formula is C95H168N2. The lowest BCUT2D eigenvalue weighted by atomic mass is 10.0. The predicted molar refractivity (Wildman–Crippen MR) is 443 cm³/mol. The van der Waals surface area contributed by atoms with Crippen molar-refractivity contribution in [3.8, 4) is 0 Å². The summed E-state index contributed by atoms with van der Waals surface area (Å²) in [5.41, 5.74) is 7.26. The average Bonchev–Trinajstić information content (AvgIpc) is 1.04. The molecule has 0 bridgehead atoms. The number of hydrogen-bond donors (Lipinski definition) is 0. The van der Waals surface area contributed by atoms with Gasteiger partial charge in [-0.25, -0.2) is 4.99 Å². The molecule has 2 nitrogen and oxygen atoms in total. The van der Waals surface area contributed by atoms with Crippen LogP contribution >= 0.6 is 0 Å². The maximum Gasteiger partial charge on any atom is 0.0848 e. The van der Waals surface area contributed by atoms with Gasteiger partial charge in [0.15, 0.2) is 0 Å². The quantitative estimate of drug-likeness (QED) is 0.0358. The molecule has 0 aliphatic carbocycles. The molecule has 0 atom stereocenters. The molecule has 0 heterocycles. The molecular weight excluding hydrogens is 1170 g/mol. The number of benzene rings is 2. The van der Waals surface area contributed by atoms with Crippen molar-refractivity contribution in [3.63, 3.8) is 0 Å². The van der Waals surface area contributed by atoms with E-state index in [2.05, 4.69) is 113 Å². The number of allylic oxidation sites excluding steroid dienone is 6. The second kappa shape index (κ2) is 75.7. The summed E-state index contributed by atoms with van der Waals surface area (Å²) in [6.45, 7) is 9.28. The first-order valence-electron chi connectivity index (χ1n) is 44.5. The fourth-order valence-electron chi connectivity index (χ4n) is 14.6. The summed E-state index contributed by atoms with van der Waals surface area (Å²) in [4.78, 5) is 11.5. The Hall–Kier alpha value is -3.00. The molecule has 0 amide bonds. The van der Waals surface area contributed by atoms with Crippen LogP contribution in [0.4, 0.5) is 11.4 Å². The van der Waals surface area contributed by atoms with Crippen LogP contribution in [0, 0.1) is 0 Å². The first-order chi connectivity index (χ1) is 48.2. The maximum atomic E-state index is 5.74. The van der Waals surface area contributed by atoms with Gasteiger partial charge in [0, 0.05) is 0 Å². The van der Waals surface area contributed by atoms with Gasteiger partial charge < -0.3 is 0 Å². The zero-order valence-electron chi connectivity index (χ0n) is 66.2. The highest BCUT2D eigenvalue weighted by Crippen LogP contribution is 2.27. The zero-order valence-corrected chi connectivity index (χ0v) is 66.2. The van der Waals surface area contributed by atoms with Gasteiger partial charge in [-0.2, -0.15) is 0 Å². The third kappa shape index (κ3) is 61.4. The molecule has 2 rings (SSSR count). The number of para-hydroxylation sites is 2. The minimum absolute atomic E-state index is 0.970. The Kier molecular flexibility index (Phi) is 70.3. The molecule has 0 aromatic heterocycles. The van der Waals surface area contributed by atoms with Gasteiger partial charge in [0.05, 0.1) is 22.8 Å². The van der Waals surface area contributed by atoms with E-state index in [4.69, 9.17) is 9.98 Å². The lowest BCUT2D eigenvalue weighted by Crippen LogP contribution is -2.12. The van der Waals surface area contributed by atoms with E-state index in [-0.39, 0.29) is 0 Å². The molecule has 0 unspecified atom stereocenters. The number of aliphatic imine (C=N–C) groups is 2. The number of nitrogens with zero attached hydrogens (tertiary/aromatic N) is 2. The van der Waals surface area contributed by atoms with Crippen molar-refractivity contribution in [1.82, 2.24) is 0 Å². The van der Waals surface area contributed by atoms with Crippen LogP contribution in [0.5, 0.6) is 0 Å². The lowest BCUT2D eigenvalue weighted by Gasteiger charge is -2.12. The zero-order chi connectivity index (χ0) is 69.0. The molecule has 0 aliphatic rings. The summed E-state index contributed by atoms with van der Waals surface area (Å²) >= 11 is 0. The molecule has 0 aliphatic heterocycles. The third-order valence-electron chi connectivity index (χ3n) is 21.2. The SMILES string of the molecule is CCCCCCCCCCCCCCCCC=CC(=Nc1ccccc1CCC=CCCCCCCCCCCCCCCCCCCC)C(CCCCCCCCCCCCCCCCC)=Nc1ccccc1CCC=CCCCCCCCCCCCCCCCCCCC. The van der Waals surface area contributed by atoms with Crippen molar-refractivity contribution in [3.05, 3.63) is 96.1 Å². The fourth-order valence-corrected chi connectivity index (χ4v) is 14.6. The number of aryl methyl sites for hydroxylation is 2. The molecule has 2 heteroatoms. The molecule has 97 heavy (non-hydrogen) atoms. The van der Waals surface area contributed by atoms with Crippen molar-refractivity contribution in [2.75, 3.05) is 0 Å². The summed E-state index contributed by atoms with van der Waals surface area (Å²) in [7, 11) is 0. The first-order valence-corrected chi connectivity index (χ1v) is 44.5. The second-order valence-electron chi connectivity index (χ2n) is 30.7. The van der Waals surface area contributed by atoms with Crippen LogP contribution in [0.25, 0.3) is 0 Å². The maximum absolute atomic E-state index is 5.74. The van der Waals surface area contributed by atoms with Gasteiger partial charge in [-0.15, -0.1) is 0 Å². The van der Waals surface area contributed by atoms with Gasteiger partial charge in [0.25, 0.3) is 0 Å². The molecule has 558 valence electrons. The molecule has 0 N–H and O–H groups in total. The van der Waals surface area contributed by atoms with E-state index in [1.54, 1.807) is 0 Å². The molecule has 0 saturated carbocycles. The summed E-state index contributed by atoms with van der Waals surface area (Å²) in [6, 6.07) is 18.2. The van der Waals surface area contributed by atoms with E-state index in [9.17, 15) is 0 Å². The van der Waals surface area contributed by atoms with Crippen LogP contribution in [0.15, 0.2) is 95.0 Å². The molecule has 0 radical (unpaired) electrons. The van der Waals surface area contributed by atoms with E-state index in [1.807, 2.05) is 0 Å². The van der Waals surface area contributed by atoms with Crippen molar-refractivity contribution < 1.29 is 0 Å². The fraction of sp³-hybridized carbons (Fsp3) is 0.789. The van der Waals surface area contributed by atoms with Crippen molar-refractivity contribution in [1.29, 1.82) is 0 Å².